The van der Waals surface area contributed by atoms with E-state index in [1.54, 1.807) is 0 Å². The third kappa shape index (κ3) is 5.36. The van der Waals surface area contributed by atoms with Gasteiger partial charge in [-0.15, -0.1) is 13.2 Å². The highest BCUT2D eigenvalue weighted by Crippen LogP contribution is 2.03. The van der Waals surface area contributed by atoms with Crippen LogP contribution in [0.3, 0.4) is 0 Å². The standard InChI is InChI=1S/C10H16/c1-4-6-7-8-9-10(3)5-2/h4-5,7-8,10H,1-2,6,9H2,3H3/b8-7+. The molecule has 0 amide bonds. The van der Waals surface area contributed by atoms with Crippen molar-refractivity contribution in [3.63, 3.8) is 0 Å². The predicted octanol–water partition coefficient (Wildman–Crippen LogP) is 3.33. The van der Waals surface area contributed by atoms with Crippen molar-refractivity contribution in [1.29, 1.82) is 0 Å². The Bertz CT molecular complexity index is 120. The van der Waals surface area contributed by atoms with Crippen LogP contribution in [0.15, 0.2) is 37.5 Å². The van der Waals surface area contributed by atoms with Crippen LogP contribution in [0.25, 0.3) is 0 Å². The molecule has 0 N–H and O–H groups in total. The molecule has 0 saturated heterocycles. The SMILES string of the molecule is C=CC/C=C/CC(C)C=C. The first-order valence-corrected chi connectivity index (χ1v) is 3.69. The van der Waals surface area contributed by atoms with Gasteiger partial charge in [-0.1, -0.05) is 31.2 Å². The first kappa shape index (κ1) is 9.22. The van der Waals surface area contributed by atoms with E-state index < -0.39 is 0 Å². The number of hydrogen-bond donors (Lipinski definition) is 0. The van der Waals surface area contributed by atoms with Crippen molar-refractivity contribution in [3.05, 3.63) is 37.5 Å². The minimum Gasteiger partial charge on any atom is -0.103 e. The van der Waals surface area contributed by atoms with Crippen molar-refractivity contribution in [1.82, 2.24) is 0 Å². The van der Waals surface area contributed by atoms with Gasteiger partial charge in [0.1, 0.15) is 0 Å². The highest BCUT2D eigenvalue weighted by Gasteiger charge is 1.88. The van der Waals surface area contributed by atoms with Gasteiger partial charge < -0.3 is 0 Å². The fourth-order valence-electron chi connectivity index (χ4n) is 0.600. The molecule has 0 heteroatoms. The number of rotatable bonds is 5. The van der Waals surface area contributed by atoms with Crippen molar-refractivity contribution in [2.45, 2.75) is 19.8 Å². The Morgan fingerprint density at radius 1 is 1.30 bits per heavy atom. The lowest BCUT2D eigenvalue weighted by molar-refractivity contribution is 0.745. The van der Waals surface area contributed by atoms with E-state index in [-0.39, 0.29) is 0 Å². The van der Waals surface area contributed by atoms with E-state index in [9.17, 15) is 0 Å². The first-order chi connectivity index (χ1) is 4.81. The molecule has 1 unspecified atom stereocenters. The Hall–Kier alpha value is -0.780. The average Bonchev–Trinajstić information content (AvgIpc) is 1.98. The van der Waals surface area contributed by atoms with Crippen LogP contribution in [0.5, 0.6) is 0 Å². The topological polar surface area (TPSA) is 0 Å². The summed E-state index contributed by atoms with van der Waals surface area (Å²) in [5.41, 5.74) is 0. The molecule has 0 radical (unpaired) electrons. The van der Waals surface area contributed by atoms with E-state index in [0.717, 1.165) is 12.8 Å². The van der Waals surface area contributed by atoms with Crippen molar-refractivity contribution in [2.24, 2.45) is 5.92 Å². The predicted molar refractivity (Wildman–Crippen MR) is 47.9 cm³/mol. The molecule has 0 heterocycles. The summed E-state index contributed by atoms with van der Waals surface area (Å²) in [4.78, 5) is 0. The molecule has 0 saturated carbocycles. The van der Waals surface area contributed by atoms with Crippen LogP contribution in [-0.4, -0.2) is 0 Å². The molecular weight excluding hydrogens is 120 g/mol. The Kier molecular flexibility index (Phi) is 5.85. The van der Waals surface area contributed by atoms with Gasteiger partial charge in [0.05, 0.1) is 0 Å². The van der Waals surface area contributed by atoms with Gasteiger partial charge in [0.2, 0.25) is 0 Å². The molecule has 0 aromatic carbocycles. The minimum absolute atomic E-state index is 0.598. The van der Waals surface area contributed by atoms with E-state index in [1.807, 2.05) is 12.2 Å². The molecule has 0 fully saturated rings. The third-order valence-corrected chi connectivity index (χ3v) is 1.38. The summed E-state index contributed by atoms with van der Waals surface area (Å²) < 4.78 is 0. The molecule has 0 aliphatic carbocycles. The highest BCUT2D eigenvalue weighted by molar-refractivity contribution is 4.91. The van der Waals surface area contributed by atoms with Crippen LogP contribution in [0.2, 0.25) is 0 Å². The summed E-state index contributed by atoms with van der Waals surface area (Å²) in [6.07, 6.45) is 10.2. The Balaban J connectivity index is 3.32. The van der Waals surface area contributed by atoms with Gasteiger partial charge >= 0.3 is 0 Å². The maximum absolute atomic E-state index is 3.71. The fraction of sp³-hybridized carbons (Fsp3) is 0.400. The molecule has 0 rings (SSSR count). The Morgan fingerprint density at radius 2 is 2.00 bits per heavy atom. The molecule has 0 aromatic heterocycles. The monoisotopic (exact) mass is 136 g/mol. The fourth-order valence-corrected chi connectivity index (χ4v) is 0.600. The molecule has 0 bridgehead atoms. The molecular formula is C10H16. The van der Waals surface area contributed by atoms with Gasteiger partial charge in [0, 0.05) is 0 Å². The zero-order valence-corrected chi connectivity index (χ0v) is 6.72. The largest absolute Gasteiger partial charge is 0.103 e. The molecule has 0 spiro atoms. The van der Waals surface area contributed by atoms with Crippen molar-refractivity contribution < 1.29 is 0 Å². The number of hydrogen-bond acceptors (Lipinski definition) is 0. The van der Waals surface area contributed by atoms with Gasteiger partial charge in [0.15, 0.2) is 0 Å². The Labute approximate surface area is 64.0 Å². The zero-order valence-electron chi connectivity index (χ0n) is 6.72. The molecule has 0 aliphatic heterocycles. The van der Waals surface area contributed by atoms with E-state index >= 15 is 0 Å². The summed E-state index contributed by atoms with van der Waals surface area (Å²) in [6, 6.07) is 0. The maximum Gasteiger partial charge on any atom is -0.0172 e. The smallest absolute Gasteiger partial charge is 0.0172 e. The van der Waals surface area contributed by atoms with Gasteiger partial charge in [-0.25, -0.2) is 0 Å². The van der Waals surface area contributed by atoms with E-state index in [1.165, 1.54) is 0 Å². The van der Waals surface area contributed by atoms with Crippen LogP contribution >= 0.6 is 0 Å². The van der Waals surface area contributed by atoms with Crippen LogP contribution in [0, 0.1) is 5.92 Å². The van der Waals surface area contributed by atoms with Crippen LogP contribution in [0.1, 0.15) is 19.8 Å². The molecule has 0 aromatic rings. The van der Waals surface area contributed by atoms with E-state index in [0.29, 0.717) is 5.92 Å². The summed E-state index contributed by atoms with van der Waals surface area (Å²) in [5, 5.41) is 0. The maximum atomic E-state index is 3.71. The minimum atomic E-state index is 0.598. The van der Waals surface area contributed by atoms with Gasteiger partial charge in [0.25, 0.3) is 0 Å². The van der Waals surface area contributed by atoms with Crippen molar-refractivity contribution >= 4 is 0 Å². The first-order valence-electron chi connectivity index (χ1n) is 3.69. The lowest BCUT2D eigenvalue weighted by atomic mass is 10.1. The lowest BCUT2D eigenvalue weighted by Crippen LogP contribution is -1.83. The molecule has 10 heavy (non-hydrogen) atoms. The second-order valence-electron chi connectivity index (χ2n) is 2.44. The summed E-state index contributed by atoms with van der Waals surface area (Å²) in [6.45, 7) is 9.49. The van der Waals surface area contributed by atoms with Crippen molar-refractivity contribution in [3.8, 4) is 0 Å². The summed E-state index contributed by atoms with van der Waals surface area (Å²) in [7, 11) is 0. The van der Waals surface area contributed by atoms with Gasteiger partial charge in [-0.05, 0) is 18.8 Å². The van der Waals surface area contributed by atoms with Gasteiger partial charge in [-0.3, -0.25) is 0 Å². The quantitative estimate of drug-likeness (QED) is 0.508. The molecule has 0 aliphatic rings. The molecule has 0 nitrogen and oxygen atoms in total. The molecule has 56 valence electrons. The second-order valence-corrected chi connectivity index (χ2v) is 2.44. The lowest BCUT2D eigenvalue weighted by Gasteiger charge is -1.97. The van der Waals surface area contributed by atoms with Crippen LogP contribution in [-0.2, 0) is 0 Å². The summed E-state index contributed by atoms with van der Waals surface area (Å²) in [5.74, 6) is 0.598. The van der Waals surface area contributed by atoms with E-state index in [2.05, 4.69) is 32.2 Å². The second kappa shape index (κ2) is 6.34. The van der Waals surface area contributed by atoms with Gasteiger partial charge in [-0.2, -0.15) is 0 Å². The highest BCUT2D eigenvalue weighted by atomic mass is 13.9. The van der Waals surface area contributed by atoms with Crippen molar-refractivity contribution in [2.75, 3.05) is 0 Å². The normalized spacial score (nSPS) is 13.3. The number of allylic oxidation sites excluding steroid dienone is 4. The third-order valence-electron chi connectivity index (χ3n) is 1.38. The zero-order chi connectivity index (χ0) is 7.82. The average molecular weight is 136 g/mol. The van der Waals surface area contributed by atoms with Crippen LogP contribution in [0.4, 0.5) is 0 Å². The Morgan fingerprint density at radius 3 is 2.50 bits per heavy atom. The van der Waals surface area contributed by atoms with E-state index in [4.69, 9.17) is 0 Å². The summed E-state index contributed by atoms with van der Waals surface area (Å²) >= 11 is 0. The molecule has 1 atom stereocenters. The van der Waals surface area contributed by atoms with Crippen LogP contribution < -0.4 is 0 Å².